The predicted molar refractivity (Wildman–Crippen MR) is 109 cm³/mol. The monoisotopic (exact) mass is 359 g/mol. The highest BCUT2D eigenvalue weighted by atomic mass is 15.2. The molecule has 4 rings (SSSR count). The number of anilines is 3. The molecule has 0 bridgehead atoms. The Morgan fingerprint density at radius 1 is 0.852 bits per heavy atom. The second-order valence-corrected chi connectivity index (χ2v) is 6.28. The Kier molecular flexibility index (Phi) is 4.82. The molecule has 0 spiro atoms. The quantitative estimate of drug-likeness (QED) is 0.378. The number of H-pyrrole nitrogens is 1. The predicted octanol–water partition coefficient (Wildman–Crippen LogP) is 3.20. The van der Waals surface area contributed by atoms with Crippen LogP contribution in [0.15, 0.2) is 60.9 Å². The van der Waals surface area contributed by atoms with Crippen molar-refractivity contribution in [3.63, 3.8) is 0 Å². The van der Waals surface area contributed by atoms with Gasteiger partial charge in [-0.1, -0.05) is 42.5 Å². The molecule has 5 N–H and O–H groups in total. The molecule has 0 aliphatic carbocycles. The minimum atomic E-state index is 0.637. The Bertz CT molecular complexity index is 1010. The van der Waals surface area contributed by atoms with Crippen molar-refractivity contribution < 1.29 is 0 Å². The van der Waals surface area contributed by atoms with Gasteiger partial charge in [-0.25, -0.2) is 9.97 Å². The van der Waals surface area contributed by atoms with E-state index < -0.39 is 0 Å². The molecule has 0 radical (unpaired) electrons. The summed E-state index contributed by atoms with van der Waals surface area (Å²) in [6.07, 6.45) is 2.45. The van der Waals surface area contributed by atoms with Crippen LogP contribution in [0.1, 0.15) is 11.1 Å². The summed E-state index contributed by atoms with van der Waals surface area (Å²) in [7, 11) is 0. The van der Waals surface area contributed by atoms with Crippen LogP contribution in [0.2, 0.25) is 0 Å². The Morgan fingerprint density at radius 3 is 2.48 bits per heavy atom. The SMILES string of the molecule is Nc1ccc(CNc2n[nH]c3ncnc(NCCc4ccccc4)c23)cc1. The number of nitrogens with one attached hydrogen (secondary N) is 3. The third kappa shape index (κ3) is 3.98. The van der Waals surface area contributed by atoms with Crippen molar-refractivity contribution in [2.45, 2.75) is 13.0 Å². The molecule has 27 heavy (non-hydrogen) atoms. The van der Waals surface area contributed by atoms with Crippen LogP contribution < -0.4 is 16.4 Å². The molecular formula is C20H21N7. The van der Waals surface area contributed by atoms with Crippen LogP contribution in [-0.2, 0) is 13.0 Å². The molecule has 4 aromatic rings. The lowest BCUT2D eigenvalue weighted by Crippen LogP contribution is -2.08. The van der Waals surface area contributed by atoms with E-state index in [1.54, 1.807) is 0 Å². The van der Waals surface area contributed by atoms with Gasteiger partial charge in [-0.2, -0.15) is 5.10 Å². The first kappa shape index (κ1) is 16.8. The number of nitrogens with zero attached hydrogens (tertiary/aromatic N) is 3. The number of hydrogen-bond acceptors (Lipinski definition) is 6. The number of hydrogen-bond donors (Lipinski definition) is 4. The summed E-state index contributed by atoms with van der Waals surface area (Å²) in [5, 5.41) is 14.9. The van der Waals surface area contributed by atoms with Crippen molar-refractivity contribution in [1.29, 1.82) is 0 Å². The minimum Gasteiger partial charge on any atom is -0.399 e. The van der Waals surface area contributed by atoms with Gasteiger partial charge in [0.25, 0.3) is 0 Å². The number of benzene rings is 2. The lowest BCUT2D eigenvalue weighted by molar-refractivity contribution is 1.01. The summed E-state index contributed by atoms with van der Waals surface area (Å²) < 4.78 is 0. The summed E-state index contributed by atoms with van der Waals surface area (Å²) in [6.45, 7) is 1.41. The second-order valence-electron chi connectivity index (χ2n) is 6.28. The average Bonchev–Trinajstić information content (AvgIpc) is 3.12. The Labute approximate surface area is 157 Å². The van der Waals surface area contributed by atoms with Crippen LogP contribution in [0.25, 0.3) is 11.0 Å². The maximum Gasteiger partial charge on any atom is 0.162 e. The van der Waals surface area contributed by atoms with Crippen LogP contribution in [0.5, 0.6) is 0 Å². The highest BCUT2D eigenvalue weighted by molar-refractivity contribution is 5.96. The smallest absolute Gasteiger partial charge is 0.162 e. The van der Waals surface area contributed by atoms with Gasteiger partial charge in [0.2, 0.25) is 0 Å². The zero-order valence-corrected chi connectivity index (χ0v) is 14.8. The molecule has 0 unspecified atom stereocenters. The van der Waals surface area contributed by atoms with Gasteiger partial charge in [-0.15, -0.1) is 0 Å². The van der Waals surface area contributed by atoms with E-state index in [4.69, 9.17) is 5.73 Å². The van der Waals surface area contributed by atoms with Gasteiger partial charge in [-0.3, -0.25) is 5.10 Å². The molecule has 136 valence electrons. The van der Waals surface area contributed by atoms with Gasteiger partial charge in [-0.05, 0) is 29.7 Å². The van der Waals surface area contributed by atoms with Crippen molar-refractivity contribution in [3.8, 4) is 0 Å². The van der Waals surface area contributed by atoms with E-state index in [2.05, 4.69) is 42.9 Å². The molecule has 0 aliphatic rings. The van der Waals surface area contributed by atoms with Crippen LogP contribution in [0.3, 0.4) is 0 Å². The van der Waals surface area contributed by atoms with Crippen LogP contribution in [0, 0.1) is 0 Å². The Hall–Kier alpha value is -3.61. The number of rotatable bonds is 7. The fraction of sp³-hybridized carbons (Fsp3) is 0.150. The maximum absolute atomic E-state index is 5.74. The minimum absolute atomic E-state index is 0.637. The third-order valence-corrected chi connectivity index (χ3v) is 4.35. The lowest BCUT2D eigenvalue weighted by Gasteiger charge is -2.09. The molecule has 2 aromatic carbocycles. The standard InChI is InChI=1S/C20H21N7/c21-16-8-6-15(7-9-16)12-23-19-17-18(24-13-25-20(17)27-26-19)22-11-10-14-4-2-1-3-5-14/h1-9,13H,10-12,21H2,(H3,22,23,24,25,26,27). The normalized spacial score (nSPS) is 10.8. The molecule has 0 fully saturated rings. The van der Waals surface area contributed by atoms with E-state index in [1.807, 2.05) is 42.5 Å². The number of aromatic amines is 1. The van der Waals surface area contributed by atoms with E-state index in [0.717, 1.165) is 41.2 Å². The average molecular weight is 359 g/mol. The Balaban J connectivity index is 1.48. The molecule has 0 aliphatic heterocycles. The van der Waals surface area contributed by atoms with Gasteiger partial charge in [0, 0.05) is 18.8 Å². The molecular weight excluding hydrogens is 338 g/mol. The molecule has 2 heterocycles. The fourth-order valence-electron chi connectivity index (χ4n) is 2.91. The molecule has 0 amide bonds. The summed E-state index contributed by atoms with van der Waals surface area (Å²) in [5.41, 5.74) is 9.59. The van der Waals surface area contributed by atoms with E-state index in [-0.39, 0.29) is 0 Å². The van der Waals surface area contributed by atoms with Crippen molar-refractivity contribution in [3.05, 3.63) is 72.1 Å². The van der Waals surface area contributed by atoms with Crippen molar-refractivity contribution >= 4 is 28.4 Å². The first-order chi connectivity index (χ1) is 13.3. The number of nitrogen functional groups attached to an aromatic ring is 1. The van der Waals surface area contributed by atoms with Crippen molar-refractivity contribution in [1.82, 2.24) is 20.2 Å². The summed E-state index contributed by atoms with van der Waals surface area (Å²) in [6, 6.07) is 18.1. The van der Waals surface area contributed by atoms with Gasteiger partial charge in [0.15, 0.2) is 11.5 Å². The molecule has 2 aromatic heterocycles. The molecule has 7 nitrogen and oxygen atoms in total. The largest absolute Gasteiger partial charge is 0.399 e. The first-order valence-corrected chi connectivity index (χ1v) is 8.85. The fourth-order valence-corrected chi connectivity index (χ4v) is 2.91. The highest BCUT2D eigenvalue weighted by Crippen LogP contribution is 2.25. The maximum atomic E-state index is 5.74. The Morgan fingerprint density at radius 2 is 1.67 bits per heavy atom. The summed E-state index contributed by atoms with van der Waals surface area (Å²) in [4.78, 5) is 8.67. The van der Waals surface area contributed by atoms with E-state index in [0.29, 0.717) is 12.2 Å². The lowest BCUT2D eigenvalue weighted by atomic mass is 10.1. The number of aromatic nitrogens is 4. The van der Waals surface area contributed by atoms with Crippen LogP contribution in [-0.4, -0.2) is 26.7 Å². The zero-order valence-electron chi connectivity index (χ0n) is 14.8. The zero-order chi connectivity index (χ0) is 18.5. The topological polar surface area (TPSA) is 105 Å². The first-order valence-electron chi connectivity index (χ1n) is 8.85. The summed E-state index contributed by atoms with van der Waals surface area (Å²) in [5.74, 6) is 1.49. The van der Waals surface area contributed by atoms with Crippen LogP contribution in [0.4, 0.5) is 17.3 Å². The van der Waals surface area contributed by atoms with Crippen LogP contribution >= 0.6 is 0 Å². The third-order valence-electron chi connectivity index (χ3n) is 4.35. The number of fused-ring (bicyclic) bond motifs is 1. The van der Waals surface area contributed by atoms with E-state index in [9.17, 15) is 0 Å². The summed E-state index contributed by atoms with van der Waals surface area (Å²) >= 11 is 0. The van der Waals surface area contributed by atoms with Crippen molar-refractivity contribution in [2.75, 3.05) is 22.9 Å². The van der Waals surface area contributed by atoms with Crippen molar-refractivity contribution in [2.24, 2.45) is 0 Å². The van der Waals surface area contributed by atoms with E-state index in [1.165, 1.54) is 11.9 Å². The second kappa shape index (κ2) is 7.74. The highest BCUT2D eigenvalue weighted by Gasteiger charge is 2.12. The van der Waals surface area contributed by atoms with Gasteiger partial charge >= 0.3 is 0 Å². The molecule has 0 saturated heterocycles. The molecule has 0 saturated carbocycles. The number of nitrogens with two attached hydrogens (primary N) is 1. The van der Waals surface area contributed by atoms with E-state index >= 15 is 0 Å². The molecule has 0 atom stereocenters. The van der Waals surface area contributed by atoms with Gasteiger partial charge in [0.1, 0.15) is 17.5 Å². The molecule has 7 heteroatoms. The van der Waals surface area contributed by atoms with Gasteiger partial charge < -0.3 is 16.4 Å². The van der Waals surface area contributed by atoms with Gasteiger partial charge in [0.05, 0.1) is 0 Å².